The second kappa shape index (κ2) is 2.87. The van der Waals surface area contributed by atoms with E-state index in [1.165, 1.54) is 0 Å². The second-order valence-corrected chi connectivity index (χ2v) is 2.11. The van der Waals surface area contributed by atoms with Gasteiger partial charge in [-0.2, -0.15) is 0 Å². The molecular formula is C4H6OP. The summed E-state index contributed by atoms with van der Waals surface area (Å²) in [7, 11) is -0.355. The van der Waals surface area contributed by atoms with Crippen molar-refractivity contribution in [2.45, 2.75) is 12.6 Å². The summed E-state index contributed by atoms with van der Waals surface area (Å²) < 4.78 is 9.75. The first kappa shape index (κ1) is 5.66. The molecule has 0 aliphatic heterocycles. The fraction of sp³-hybridized carbons (Fsp3) is 0.500. The molecule has 0 aromatic heterocycles. The molecule has 0 saturated carbocycles. The van der Waals surface area contributed by atoms with Gasteiger partial charge in [0, 0.05) is 0 Å². The molecule has 0 bridgehead atoms. The lowest BCUT2D eigenvalue weighted by Gasteiger charge is -1.80. The number of hydrogen-bond donors (Lipinski definition) is 0. The van der Waals surface area contributed by atoms with Crippen LogP contribution < -0.4 is 0 Å². The zero-order chi connectivity index (χ0) is 4.99. The van der Waals surface area contributed by atoms with Gasteiger partial charge < -0.3 is 0 Å². The Morgan fingerprint density at radius 2 is 2.50 bits per heavy atom. The Morgan fingerprint density at radius 3 is 2.50 bits per heavy atom. The molecule has 1 nitrogen and oxygen atoms in total. The molecule has 1 radical (unpaired) electrons. The van der Waals surface area contributed by atoms with Crippen LogP contribution in [0.1, 0.15) is 6.92 Å². The van der Waals surface area contributed by atoms with E-state index < -0.39 is 0 Å². The lowest BCUT2D eigenvalue weighted by molar-refractivity contribution is 0.597. The van der Waals surface area contributed by atoms with Crippen molar-refractivity contribution >= 4 is 8.46 Å². The van der Waals surface area contributed by atoms with Crippen molar-refractivity contribution in [2.75, 3.05) is 0 Å². The van der Waals surface area contributed by atoms with Crippen molar-refractivity contribution in [3.63, 3.8) is 0 Å². The third-order valence-corrected chi connectivity index (χ3v) is 0.947. The number of terminal acetylenes is 1. The third kappa shape index (κ3) is 1.93. The lowest BCUT2D eigenvalue weighted by atomic mass is 10.5. The van der Waals surface area contributed by atoms with E-state index in [0.29, 0.717) is 0 Å². The maximum absolute atomic E-state index is 9.75. The van der Waals surface area contributed by atoms with Crippen LogP contribution in [0.15, 0.2) is 0 Å². The van der Waals surface area contributed by atoms with Gasteiger partial charge in [-0.3, -0.25) is 4.57 Å². The zero-order valence-electron chi connectivity index (χ0n) is 3.56. The molecule has 0 spiro atoms. The summed E-state index contributed by atoms with van der Waals surface area (Å²) in [5.41, 5.74) is -0.0648. The molecule has 0 heterocycles. The summed E-state index contributed by atoms with van der Waals surface area (Å²) >= 11 is 0. The van der Waals surface area contributed by atoms with Crippen molar-refractivity contribution in [3.8, 4) is 12.3 Å². The molecule has 0 aliphatic rings. The van der Waals surface area contributed by atoms with Gasteiger partial charge in [0.1, 0.15) is 0 Å². The van der Waals surface area contributed by atoms with Crippen LogP contribution in [0.4, 0.5) is 0 Å². The Hall–Kier alpha value is -0.340. The quantitative estimate of drug-likeness (QED) is 0.356. The van der Waals surface area contributed by atoms with E-state index in [1.54, 1.807) is 6.92 Å². The summed E-state index contributed by atoms with van der Waals surface area (Å²) in [6.07, 6.45) is 4.84. The van der Waals surface area contributed by atoms with E-state index in [4.69, 9.17) is 6.42 Å². The van der Waals surface area contributed by atoms with Crippen LogP contribution in [0.5, 0.6) is 0 Å². The van der Waals surface area contributed by atoms with Gasteiger partial charge in [-0.25, -0.2) is 0 Å². The Bertz CT molecular complexity index is 82.0. The molecule has 0 saturated heterocycles. The van der Waals surface area contributed by atoms with Crippen LogP contribution >= 0.6 is 8.46 Å². The Labute approximate surface area is 39.0 Å². The summed E-state index contributed by atoms with van der Waals surface area (Å²) in [5.74, 6) is 2.31. The van der Waals surface area contributed by atoms with E-state index in [0.717, 1.165) is 0 Å². The minimum atomic E-state index is -0.355. The fourth-order valence-electron chi connectivity index (χ4n) is 0.0340. The molecule has 0 aliphatic carbocycles. The molecular weight excluding hydrogens is 95.0 g/mol. The minimum absolute atomic E-state index is 0.0648. The standard InChI is InChI=1S/C4H6OP/c1-3-4(2)6-5/h1,4,6H,2H3. The Morgan fingerprint density at radius 1 is 2.00 bits per heavy atom. The molecule has 0 amide bonds. The van der Waals surface area contributed by atoms with Gasteiger partial charge in [-0.05, 0) is 6.92 Å². The van der Waals surface area contributed by atoms with Gasteiger partial charge in [0.25, 0.3) is 0 Å². The first-order chi connectivity index (χ1) is 2.81. The predicted octanol–water partition coefficient (Wildman–Crippen LogP) is 1.03. The molecule has 2 unspecified atom stereocenters. The zero-order valence-corrected chi connectivity index (χ0v) is 4.56. The summed E-state index contributed by atoms with van der Waals surface area (Å²) in [6, 6.07) is 0. The van der Waals surface area contributed by atoms with E-state index in [1.807, 2.05) is 0 Å². The Kier molecular flexibility index (Phi) is 2.71. The molecule has 2 atom stereocenters. The average Bonchev–Trinajstić information content (AvgIpc) is 1.65. The smallest absolute Gasteiger partial charge is 0.0845 e. The highest BCUT2D eigenvalue weighted by molar-refractivity contribution is 7.25. The monoisotopic (exact) mass is 101 g/mol. The van der Waals surface area contributed by atoms with Gasteiger partial charge in [-0.1, -0.05) is 5.92 Å². The number of rotatable bonds is 1. The van der Waals surface area contributed by atoms with Gasteiger partial charge in [-0.15, -0.1) is 6.42 Å². The van der Waals surface area contributed by atoms with Crippen LogP contribution in [-0.4, -0.2) is 5.66 Å². The second-order valence-electron chi connectivity index (χ2n) is 1.01. The fourth-order valence-corrected chi connectivity index (χ4v) is 0.102. The van der Waals surface area contributed by atoms with Crippen molar-refractivity contribution in [1.29, 1.82) is 0 Å². The first-order valence-electron chi connectivity index (χ1n) is 1.65. The van der Waals surface area contributed by atoms with Crippen LogP contribution in [0.25, 0.3) is 0 Å². The third-order valence-electron chi connectivity index (χ3n) is 0.427. The van der Waals surface area contributed by atoms with Crippen molar-refractivity contribution in [3.05, 3.63) is 0 Å². The SMILES string of the molecule is C#CC(C)[PH]=O. The highest BCUT2D eigenvalue weighted by Gasteiger charge is 1.84. The van der Waals surface area contributed by atoms with E-state index in [-0.39, 0.29) is 14.1 Å². The normalized spacial score (nSPS) is 13.3. The van der Waals surface area contributed by atoms with Gasteiger partial charge in [0.2, 0.25) is 0 Å². The molecule has 0 aromatic carbocycles. The highest BCUT2D eigenvalue weighted by atomic mass is 31.1. The molecule has 2 heteroatoms. The summed E-state index contributed by atoms with van der Waals surface area (Å²) in [4.78, 5) is 0. The maximum atomic E-state index is 9.75. The maximum Gasteiger partial charge on any atom is 0.0845 e. The average molecular weight is 101 g/mol. The van der Waals surface area contributed by atoms with Crippen LogP contribution in [-0.2, 0) is 4.57 Å². The van der Waals surface area contributed by atoms with E-state index in [2.05, 4.69) is 5.92 Å². The highest BCUT2D eigenvalue weighted by Crippen LogP contribution is 2.00. The first-order valence-corrected chi connectivity index (χ1v) is 2.63. The van der Waals surface area contributed by atoms with Crippen LogP contribution in [0.3, 0.4) is 0 Å². The van der Waals surface area contributed by atoms with Crippen molar-refractivity contribution < 1.29 is 4.57 Å². The number of hydrogen-bond acceptors (Lipinski definition) is 1. The minimum Gasteiger partial charge on any atom is -0.289 e. The molecule has 0 fully saturated rings. The van der Waals surface area contributed by atoms with E-state index >= 15 is 0 Å². The molecule has 0 aromatic rings. The largest absolute Gasteiger partial charge is 0.289 e. The van der Waals surface area contributed by atoms with Gasteiger partial charge in [0.15, 0.2) is 0 Å². The van der Waals surface area contributed by atoms with Crippen LogP contribution in [0.2, 0.25) is 0 Å². The molecule has 33 valence electrons. The van der Waals surface area contributed by atoms with Gasteiger partial charge >= 0.3 is 0 Å². The lowest BCUT2D eigenvalue weighted by Crippen LogP contribution is -1.78. The predicted molar refractivity (Wildman–Crippen MR) is 27.3 cm³/mol. The topological polar surface area (TPSA) is 17.1 Å². The molecule has 0 rings (SSSR count). The van der Waals surface area contributed by atoms with Crippen LogP contribution in [0, 0.1) is 12.3 Å². The molecule has 0 N–H and O–H groups in total. The van der Waals surface area contributed by atoms with E-state index in [9.17, 15) is 4.57 Å². The summed E-state index contributed by atoms with van der Waals surface area (Å²) in [5, 5.41) is 0. The molecule has 6 heavy (non-hydrogen) atoms. The van der Waals surface area contributed by atoms with Crippen molar-refractivity contribution in [2.24, 2.45) is 0 Å². The van der Waals surface area contributed by atoms with Gasteiger partial charge in [0.05, 0.1) is 14.1 Å². The van der Waals surface area contributed by atoms with Crippen molar-refractivity contribution in [1.82, 2.24) is 0 Å². The summed E-state index contributed by atoms with van der Waals surface area (Å²) in [6.45, 7) is 1.74. The Balaban J connectivity index is 3.30.